The van der Waals surface area contributed by atoms with E-state index in [1.54, 1.807) is 0 Å². The predicted molar refractivity (Wildman–Crippen MR) is 96.3 cm³/mol. The summed E-state index contributed by atoms with van der Waals surface area (Å²) in [6.45, 7) is 1.82. The van der Waals surface area contributed by atoms with Crippen molar-refractivity contribution in [2.45, 2.75) is 31.7 Å². The van der Waals surface area contributed by atoms with Gasteiger partial charge in [0.15, 0.2) is 9.84 Å². The second-order valence-corrected chi connectivity index (χ2v) is 10.2. The summed E-state index contributed by atoms with van der Waals surface area (Å²) < 4.78 is 23.4. The van der Waals surface area contributed by atoms with Crippen LogP contribution < -0.4 is 5.32 Å². The van der Waals surface area contributed by atoms with Crippen LogP contribution in [0.5, 0.6) is 0 Å². The predicted octanol–water partition coefficient (Wildman–Crippen LogP) is 2.82. The van der Waals surface area contributed by atoms with E-state index in [4.69, 9.17) is 0 Å². The van der Waals surface area contributed by atoms with Crippen molar-refractivity contribution in [3.8, 4) is 10.4 Å². The Morgan fingerprint density at radius 1 is 1.21 bits per heavy atom. The Labute approximate surface area is 145 Å². The minimum atomic E-state index is -3.04. The fourth-order valence-corrected chi connectivity index (χ4v) is 6.89. The number of amides is 1. The molecule has 1 aromatic heterocycles. The van der Waals surface area contributed by atoms with Crippen molar-refractivity contribution in [1.29, 1.82) is 0 Å². The second-order valence-electron chi connectivity index (χ2n) is 6.98. The number of carbonyl (C=O) groups excluding carboxylic acids is 1. The largest absolute Gasteiger partial charge is 0.345 e. The highest BCUT2D eigenvalue weighted by Crippen LogP contribution is 2.39. The first-order chi connectivity index (χ1) is 11.4. The number of hydrogen-bond donors (Lipinski definition) is 1. The van der Waals surface area contributed by atoms with Crippen LogP contribution in [0.2, 0.25) is 0 Å². The molecule has 6 heteroatoms. The summed E-state index contributed by atoms with van der Waals surface area (Å²) in [5.74, 6) is 0.0177. The summed E-state index contributed by atoms with van der Waals surface area (Å²) >= 11 is 1.51. The molecule has 1 fully saturated rings. The first-order valence-corrected chi connectivity index (χ1v) is 10.7. The van der Waals surface area contributed by atoms with Gasteiger partial charge in [-0.05, 0) is 48.9 Å². The lowest BCUT2D eigenvalue weighted by atomic mass is 9.91. The number of rotatable bonds is 2. The molecule has 1 aromatic carbocycles. The standard InChI is InChI=1S/C18H19NO3S2/c1-18(8-9-24(21,22)11-18)19-17(20)15-10-13-7-6-12-4-2-3-5-14(12)16(13)23-15/h2-5,10H,6-9,11H2,1H3,(H,19,20). The zero-order valence-electron chi connectivity index (χ0n) is 13.5. The number of carbonyl (C=O) groups is 1. The number of hydrogen-bond acceptors (Lipinski definition) is 4. The first-order valence-electron chi connectivity index (χ1n) is 8.09. The van der Waals surface area contributed by atoms with Crippen LogP contribution in [-0.2, 0) is 22.7 Å². The summed E-state index contributed by atoms with van der Waals surface area (Å²) in [6.07, 6.45) is 2.42. The van der Waals surface area contributed by atoms with E-state index in [2.05, 4.69) is 17.4 Å². The molecule has 1 amide bonds. The van der Waals surface area contributed by atoms with Gasteiger partial charge in [0.2, 0.25) is 0 Å². The highest BCUT2D eigenvalue weighted by atomic mass is 32.2. The molecule has 24 heavy (non-hydrogen) atoms. The van der Waals surface area contributed by atoms with Gasteiger partial charge >= 0.3 is 0 Å². The summed E-state index contributed by atoms with van der Waals surface area (Å²) in [6, 6.07) is 10.3. The summed E-state index contributed by atoms with van der Waals surface area (Å²) in [4.78, 5) is 14.5. The van der Waals surface area contributed by atoms with Gasteiger partial charge in [0.05, 0.1) is 21.9 Å². The van der Waals surface area contributed by atoms with E-state index < -0.39 is 15.4 Å². The number of nitrogens with one attached hydrogen (secondary N) is 1. The molecule has 1 unspecified atom stereocenters. The highest BCUT2D eigenvalue weighted by molar-refractivity contribution is 7.91. The van der Waals surface area contributed by atoms with Crippen LogP contribution in [0.4, 0.5) is 0 Å². The van der Waals surface area contributed by atoms with Crippen molar-refractivity contribution in [3.05, 3.63) is 46.3 Å². The van der Waals surface area contributed by atoms with Gasteiger partial charge in [0.1, 0.15) is 0 Å². The average molecular weight is 361 g/mol. The number of sulfone groups is 1. The molecule has 0 radical (unpaired) electrons. The molecule has 4 nitrogen and oxygen atoms in total. The van der Waals surface area contributed by atoms with Crippen molar-refractivity contribution in [2.24, 2.45) is 0 Å². The SMILES string of the molecule is CC1(NC(=O)c2cc3c(s2)-c2ccccc2CC3)CCS(=O)(=O)C1. The third-order valence-corrected chi connectivity index (χ3v) is 7.99. The van der Waals surface area contributed by atoms with Gasteiger partial charge in [-0.3, -0.25) is 4.79 Å². The lowest BCUT2D eigenvalue weighted by Crippen LogP contribution is -2.46. The Balaban J connectivity index is 1.61. The van der Waals surface area contributed by atoms with E-state index in [1.165, 1.54) is 32.9 Å². The van der Waals surface area contributed by atoms with Gasteiger partial charge in [-0.2, -0.15) is 0 Å². The average Bonchev–Trinajstić information content (AvgIpc) is 3.08. The zero-order valence-corrected chi connectivity index (χ0v) is 15.1. The molecule has 1 aliphatic carbocycles. The molecule has 2 aliphatic rings. The van der Waals surface area contributed by atoms with E-state index in [0.29, 0.717) is 11.3 Å². The second kappa shape index (κ2) is 5.43. The molecule has 1 aliphatic heterocycles. The Morgan fingerprint density at radius 3 is 2.71 bits per heavy atom. The van der Waals surface area contributed by atoms with Gasteiger partial charge in [0.25, 0.3) is 5.91 Å². The van der Waals surface area contributed by atoms with Crippen LogP contribution in [0.25, 0.3) is 10.4 Å². The van der Waals surface area contributed by atoms with Gasteiger partial charge in [-0.15, -0.1) is 11.3 Å². The van der Waals surface area contributed by atoms with E-state index in [9.17, 15) is 13.2 Å². The van der Waals surface area contributed by atoms with Crippen LogP contribution in [0.1, 0.15) is 34.1 Å². The Kier molecular flexibility index (Phi) is 3.58. The summed E-state index contributed by atoms with van der Waals surface area (Å²) in [7, 11) is -3.04. The monoisotopic (exact) mass is 361 g/mol. The van der Waals surface area contributed by atoms with E-state index in [0.717, 1.165) is 12.8 Å². The molecule has 2 heterocycles. The lowest BCUT2D eigenvalue weighted by molar-refractivity contribution is 0.0919. The zero-order chi connectivity index (χ0) is 16.9. The van der Waals surface area contributed by atoms with Gasteiger partial charge < -0.3 is 5.32 Å². The normalized spacial score (nSPS) is 24.2. The molecule has 0 bridgehead atoms. The summed E-state index contributed by atoms with van der Waals surface area (Å²) in [5.41, 5.74) is 3.11. The third-order valence-electron chi connectivity index (χ3n) is 4.88. The highest BCUT2D eigenvalue weighted by Gasteiger charge is 2.39. The molecular weight excluding hydrogens is 342 g/mol. The van der Waals surface area contributed by atoms with Crippen LogP contribution in [0.15, 0.2) is 30.3 Å². The topological polar surface area (TPSA) is 63.2 Å². The molecule has 126 valence electrons. The number of benzene rings is 1. The Hall–Kier alpha value is -1.66. The molecule has 0 spiro atoms. The molecular formula is C18H19NO3S2. The van der Waals surface area contributed by atoms with Crippen molar-refractivity contribution < 1.29 is 13.2 Å². The maximum Gasteiger partial charge on any atom is 0.261 e. The molecule has 0 saturated carbocycles. The number of thiophene rings is 1. The smallest absolute Gasteiger partial charge is 0.261 e. The maximum absolute atomic E-state index is 12.7. The van der Waals surface area contributed by atoms with Crippen LogP contribution in [-0.4, -0.2) is 31.4 Å². The molecule has 1 atom stereocenters. The van der Waals surface area contributed by atoms with E-state index in [1.807, 2.05) is 25.1 Å². The Morgan fingerprint density at radius 2 is 1.96 bits per heavy atom. The van der Waals surface area contributed by atoms with Crippen molar-refractivity contribution in [2.75, 3.05) is 11.5 Å². The quantitative estimate of drug-likeness (QED) is 0.895. The summed E-state index contributed by atoms with van der Waals surface area (Å²) in [5, 5.41) is 2.95. The van der Waals surface area contributed by atoms with Gasteiger partial charge in [-0.1, -0.05) is 24.3 Å². The van der Waals surface area contributed by atoms with E-state index in [-0.39, 0.29) is 17.4 Å². The minimum Gasteiger partial charge on any atom is -0.345 e. The first kappa shape index (κ1) is 15.8. The minimum absolute atomic E-state index is 0.0274. The fraction of sp³-hybridized carbons (Fsp3) is 0.389. The van der Waals surface area contributed by atoms with Crippen molar-refractivity contribution >= 4 is 27.1 Å². The number of aryl methyl sites for hydroxylation is 2. The molecule has 4 rings (SSSR count). The van der Waals surface area contributed by atoms with Crippen molar-refractivity contribution in [3.63, 3.8) is 0 Å². The van der Waals surface area contributed by atoms with Crippen LogP contribution in [0, 0.1) is 0 Å². The van der Waals surface area contributed by atoms with Gasteiger partial charge in [0, 0.05) is 4.88 Å². The fourth-order valence-electron chi connectivity index (χ4n) is 3.63. The maximum atomic E-state index is 12.7. The lowest BCUT2D eigenvalue weighted by Gasteiger charge is -2.23. The third kappa shape index (κ3) is 2.78. The van der Waals surface area contributed by atoms with E-state index >= 15 is 0 Å². The number of fused-ring (bicyclic) bond motifs is 3. The van der Waals surface area contributed by atoms with Crippen LogP contribution >= 0.6 is 11.3 Å². The van der Waals surface area contributed by atoms with Crippen molar-refractivity contribution in [1.82, 2.24) is 5.32 Å². The molecule has 1 saturated heterocycles. The van der Waals surface area contributed by atoms with Crippen LogP contribution in [0.3, 0.4) is 0 Å². The Bertz CT molecular complexity index is 929. The molecule has 1 N–H and O–H groups in total. The molecule has 2 aromatic rings. The van der Waals surface area contributed by atoms with Gasteiger partial charge in [-0.25, -0.2) is 8.42 Å².